The van der Waals surface area contributed by atoms with E-state index in [1.165, 1.54) is 0 Å². The Balaban J connectivity index is 1.99. The number of hydrogen-bond acceptors (Lipinski definition) is 4. The molecule has 1 amide bonds. The molecule has 3 N–H and O–H groups in total. The number of hydrogen-bond donors (Lipinski definition) is 3. The first kappa shape index (κ1) is 15.3. The highest BCUT2D eigenvalue weighted by atomic mass is 16.5. The zero-order chi connectivity index (χ0) is 15.5. The van der Waals surface area contributed by atoms with Gasteiger partial charge in [-0.15, -0.1) is 0 Å². The third-order valence-electron chi connectivity index (χ3n) is 3.36. The molecule has 6 heteroatoms. The van der Waals surface area contributed by atoms with Crippen molar-refractivity contribution in [1.29, 1.82) is 0 Å². The van der Waals surface area contributed by atoms with E-state index in [0.717, 1.165) is 19.8 Å². The number of para-hydroxylation sites is 1. The van der Waals surface area contributed by atoms with E-state index in [-0.39, 0.29) is 6.54 Å². The second kappa shape index (κ2) is 6.13. The Morgan fingerprint density at radius 3 is 2.67 bits per heavy atom. The van der Waals surface area contributed by atoms with Crippen LogP contribution in [0.25, 0.3) is 0 Å². The van der Waals surface area contributed by atoms with Gasteiger partial charge in [0, 0.05) is 0 Å². The lowest BCUT2D eigenvalue weighted by Crippen LogP contribution is -2.46. The summed E-state index contributed by atoms with van der Waals surface area (Å²) < 4.78 is 5.62. The molecular formula is C15H19NO5. The Bertz CT molecular complexity index is 537. The lowest BCUT2D eigenvalue weighted by Gasteiger charge is -2.19. The standard InChI is InChI=1S/C15H19NO5/c1-15(20,14(18)19)9-16-13(17)11-4-2-3-5-12(11)21-8-10-6-7-10/h2-5,10,20H,6-9H2,1H3,(H,16,17)(H,18,19). The number of nitrogens with one attached hydrogen (secondary N) is 1. The number of aliphatic hydroxyl groups is 1. The van der Waals surface area contributed by atoms with Gasteiger partial charge in [0.1, 0.15) is 5.75 Å². The van der Waals surface area contributed by atoms with Crippen LogP contribution in [0.1, 0.15) is 30.1 Å². The van der Waals surface area contributed by atoms with Crippen molar-refractivity contribution in [3.05, 3.63) is 29.8 Å². The minimum atomic E-state index is -2.00. The number of carboxylic acids is 1. The van der Waals surface area contributed by atoms with Crippen molar-refractivity contribution in [1.82, 2.24) is 5.32 Å². The smallest absolute Gasteiger partial charge is 0.337 e. The first-order chi connectivity index (χ1) is 9.90. The number of carbonyl (C=O) groups excluding carboxylic acids is 1. The van der Waals surface area contributed by atoms with Gasteiger partial charge in [-0.1, -0.05) is 12.1 Å². The second-order valence-corrected chi connectivity index (χ2v) is 5.51. The molecular weight excluding hydrogens is 274 g/mol. The molecule has 1 aromatic rings. The molecule has 1 atom stereocenters. The molecule has 2 rings (SSSR count). The molecule has 6 nitrogen and oxygen atoms in total. The predicted molar refractivity (Wildman–Crippen MR) is 75.3 cm³/mol. The van der Waals surface area contributed by atoms with Gasteiger partial charge < -0.3 is 20.3 Å². The fourth-order valence-electron chi connectivity index (χ4n) is 1.70. The van der Waals surface area contributed by atoms with Crippen molar-refractivity contribution in [2.24, 2.45) is 5.92 Å². The van der Waals surface area contributed by atoms with E-state index in [2.05, 4.69) is 5.32 Å². The van der Waals surface area contributed by atoms with Gasteiger partial charge in [0.05, 0.1) is 18.7 Å². The number of carbonyl (C=O) groups is 2. The monoisotopic (exact) mass is 293 g/mol. The molecule has 0 spiro atoms. The van der Waals surface area contributed by atoms with Crippen LogP contribution in [-0.4, -0.2) is 40.8 Å². The normalized spacial score (nSPS) is 16.9. The number of rotatable bonds is 7. The summed E-state index contributed by atoms with van der Waals surface area (Å²) >= 11 is 0. The number of ether oxygens (including phenoxy) is 1. The van der Waals surface area contributed by atoms with E-state index in [0.29, 0.717) is 23.8 Å². The minimum absolute atomic E-state index is 0.333. The summed E-state index contributed by atoms with van der Waals surface area (Å²) in [5.74, 6) is -0.824. The molecule has 21 heavy (non-hydrogen) atoms. The summed E-state index contributed by atoms with van der Waals surface area (Å²) in [6.07, 6.45) is 2.30. The van der Waals surface area contributed by atoms with Gasteiger partial charge in [-0.25, -0.2) is 4.79 Å². The number of aliphatic carboxylic acids is 1. The van der Waals surface area contributed by atoms with Crippen molar-refractivity contribution in [3.8, 4) is 5.75 Å². The average molecular weight is 293 g/mol. The van der Waals surface area contributed by atoms with Crippen molar-refractivity contribution < 1.29 is 24.5 Å². The summed E-state index contributed by atoms with van der Waals surface area (Å²) in [4.78, 5) is 22.9. The first-order valence-electron chi connectivity index (χ1n) is 6.86. The van der Waals surface area contributed by atoms with Crippen molar-refractivity contribution in [2.75, 3.05) is 13.2 Å². The van der Waals surface area contributed by atoms with Crippen LogP contribution in [0.5, 0.6) is 5.75 Å². The van der Waals surface area contributed by atoms with Gasteiger partial charge in [0.15, 0.2) is 5.60 Å². The van der Waals surface area contributed by atoms with Crippen LogP contribution in [-0.2, 0) is 4.79 Å². The van der Waals surface area contributed by atoms with Gasteiger partial charge in [0.25, 0.3) is 5.91 Å². The molecule has 1 aliphatic rings. The third kappa shape index (κ3) is 4.19. The van der Waals surface area contributed by atoms with Crippen LogP contribution in [0.2, 0.25) is 0 Å². The summed E-state index contributed by atoms with van der Waals surface area (Å²) in [5, 5.41) is 20.8. The van der Waals surface area contributed by atoms with Crippen LogP contribution in [0, 0.1) is 5.92 Å². The molecule has 114 valence electrons. The summed E-state index contributed by atoms with van der Waals surface area (Å²) in [6.45, 7) is 1.33. The highest BCUT2D eigenvalue weighted by Crippen LogP contribution is 2.30. The number of amides is 1. The van der Waals surface area contributed by atoms with Crippen LogP contribution in [0.15, 0.2) is 24.3 Å². The summed E-state index contributed by atoms with van der Waals surface area (Å²) in [5.41, 5.74) is -1.67. The van der Waals surface area contributed by atoms with Crippen LogP contribution < -0.4 is 10.1 Å². The van der Waals surface area contributed by atoms with Gasteiger partial charge in [0.2, 0.25) is 0 Å². The number of benzene rings is 1. The molecule has 1 aliphatic carbocycles. The Kier molecular flexibility index (Phi) is 4.47. The van der Waals surface area contributed by atoms with Gasteiger partial charge in [-0.2, -0.15) is 0 Å². The van der Waals surface area contributed by atoms with Crippen molar-refractivity contribution in [2.45, 2.75) is 25.4 Å². The SMILES string of the molecule is CC(O)(CNC(=O)c1ccccc1OCC1CC1)C(=O)O. The predicted octanol–water partition coefficient (Wildman–Crippen LogP) is 1.04. The molecule has 0 bridgehead atoms. The Labute approximate surface area is 122 Å². The van der Waals surface area contributed by atoms with Crippen LogP contribution in [0.4, 0.5) is 0 Å². The van der Waals surface area contributed by atoms with Crippen molar-refractivity contribution in [3.63, 3.8) is 0 Å². The maximum absolute atomic E-state index is 12.1. The van der Waals surface area contributed by atoms with Crippen LogP contribution >= 0.6 is 0 Å². The molecule has 0 saturated heterocycles. The van der Waals surface area contributed by atoms with E-state index in [9.17, 15) is 14.7 Å². The number of carboxylic acid groups (broad SMARTS) is 1. The lowest BCUT2D eigenvalue weighted by atomic mass is 10.1. The summed E-state index contributed by atoms with van der Waals surface area (Å²) in [6, 6.07) is 6.78. The van der Waals surface area contributed by atoms with E-state index in [4.69, 9.17) is 9.84 Å². The Morgan fingerprint density at radius 1 is 1.38 bits per heavy atom. The van der Waals surface area contributed by atoms with Crippen LogP contribution in [0.3, 0.4) is 0 Å². The average Bonchev–Trinajstić information content (AvgIpc) is 3.27. The molecule has 0 aliphatic heterocycles. The summed E-state index contributed by atoms with van der Waals surface area (Å²) in [7, 11) is 0. The highest BCUT2D eigenvalue weighted by molar-refractivity contribution is 5.97. The van der Waals surface area contributed by atoms with Gasteiger partial charge >= 0.3 is 5.97 Å². The quantitative estimate of drug-likeness (QED) is 0.698. The fraction of sp³-hybridized carbons (Fsp3) is 0.467. The Hall–Kier alpha value is -2.08. The zero-order valence-electron chi connectivity index (χ0n) is 11.8. The topological polar surface area (TPSA) is 95.9 Å². The zero-order valence-corrected chi connectivity index (χ0v) is 11.8. The molecule has 0 radical (unpaired) electrons. The minimum Gasteiger partial charge on any atom is -0.492 e. The second-order valence-electron chi connectivity index (χ2n) is 5.51. The lowest BCUT2D eigenvalue weighted by molar-refractivity contribution is -0.155. The molecule has 1 fully saturated rings. The van der Waals surface area contributed by atoms with E-state index in [1.807, 2.05) is 0 Å². The molecule has 1 saturated carbocycles. The van der Waals surface area contributed by atoms with Gasteiger partial charge in [-0.05, 0) is 37.8 Å². The van der Waals surface area contributed by atoms with Crippen molar-refractivity contribution >= 4 is 11.9 Å². The largest absolute Gasteiger partial charge is 0.492 e. The van der Waals surface area contributed by atoms with E-state index < -0.39 is 17.5 Å². The highest BCUT2D eigenvalue weighted by Gasteiger charge is 2.30. The van der Waals surface area contributed by atoms with E-state index >= 15 is 0 Å². The molecule has 0 aromatic heterocycles. The molecule has 0 heterocycles. The third-order valence-corrected chi connectivity index (χ3v) is 3.36. The van der Waals surface area contributed by atoms with Gasteiger partial charge in [-0.3, -0.25) is 4.79 Å². The maximum atomic E-state index is 12.1. The fourth-order valence-corrected chi connectivity index (χ4v) is 1.70. The van der Waals surface area contributed by atoms with E-state index in [1.54, 1.807) is 24.3 Å². The first-order valence-corrected chi connectivity index (χ1v) is 6.86. The maximum Gasteiger partial charge on any atom is 0.337 e. The Morgan fingerprint density at radius 2 is 2.05 bits per heavy atom. The molecule has 1 unspecified atom stereocenters. The molecule has 1 aromatic carbocycles.